The molecule has 2 N–H and O–H groups in total. The molecule has 2 amide bonds. The average molecular weight is 495 g/mol. The van der Waals surface area contributed by atoms with Crippen molar-refractivity contribution in [1.82, 2.24) is 15.6 Å². The predicted octanol–water partition coefficient (Wildman–Crippen LogP) is 6.22. The maximum Gasteiger partial charge on any atom is 0.319 e. The molecule has 2 heterocycles. The summed E-state index contributed by atoms with van der Waals surface area (Å²) in [5.74, 6) is 0.776. The summed E-state index contributed by atoms with van der Waals surface area (Å²) >= 11 is 1.57. The fraction of sp³-hybridized carbons (Fsp3) is 0.138. The van der Waals surface area contributed by atoms with E-state index in [0.717, 1.165) is 50.0 Å². The molecule has 3 aromatic carbocycles. The monoisotopic (exact) mass is 494 g/mol. The third-order valence-corrected chi connectivity index (χ3v) is 6.83. The van der Waals surface area contributed by atoms with Gasteiger partial charge in [0.25, 0.3) is 0 Å². The first-order valence-electron chi connectivity index (χ1n) is 11.6. The van der Waals surface area contributed by atoms with Gasteiger partial charge in [0.05, 0.1) is 11.7 Å². The molecule has 0 fully saturated rings. The van der Waals surface area contributed by atoms with Crippen LogP contribution in [0, 0.1) is 0 Å². The van der Waals surface area contributed by atoms with E-state index in [1.807, 2.05) is 97.4 Å². The zero-order valence-electron chi connectivity index (χ0n) is 20.1. The highest BCUT2D eigenvalue weighted by atomic mass is 32.1. The van der Waals surface area contributed by atoms with Gasteiger partial charge in [-0.2, -0.15) is 0 Å². The van der Waals surface area contributed by atoms with Crippen molar-refractivity contribution in [3.8, 4) is 17.0 Å². The van der Waals surface area contributed by atoms with Crippen molar-refractivity contribution in [3.05, 3.63) is 112 Å². The number of thiazole rings is 1. The second kappa shape index (κ2) is 10.6. The molecular formula is C29H26N4O2S. The maximum atomic E-state index is 12.4. The number of ether oxygens (including phenoxy) is 1. The molecule has 0 saturated heterocycles. The quantitative estimate of drug-likeness (QED) is 0.299. The molecule has 1 atom stereocenters. The van der Waals surface area contributed by atoms with Crippen molar-refractivity contribution in [2.45, 2.75) is 19.6 Å². The van der Waals surface area contributed by atoms with Gasteiger partial charge in [-0.05, 0) is 35.7 Å². The molecule has 4 aromatic rings. The highest BCUT2D eigenvalue weighted by Crippen LogP contribution is 2.37. The van der Waals surface area contributed by atoms with Gasteiger partial charge in [-0.25, -0.2) is 9.78 Å². The van der Waals surface area contributed by atoms with Gasteiger partial charge in [-0.1, -0.05) is 66.7 Å². The van der Waals surface area contributed by atoms with E-state index in [0.29, 0.717) is 6.61 Å². The second-order valence-corrected chi connectivity index (χ2v) is 9.32. The van der Waals surface area contributed by atoms with E-state index in [1.54, 1.807) is 18.4 Å². The average Bonchev–Trinajstić information content (AvgIpc) is 3.38. The van der Waals surface area contributed by atoms with E-state index in [1.165, 1.54) is 0 Å². The summed E-state index contributed by atoms with van der Waals surface area (Å²) in [5.41, 5.74) is 6.81. The van der Waals surface area contributed by atoms with E-state index in [9.17, 15) is 4.79 Å². The first-order chi connectivity index (χ1) is 17.6. The third kappa shape index (κ3) is 5.21. The first-order valence-corrected chi connectivity index (χ1v) is 12.5. The van der Waals surface area contributed by atoms with Crippen LogP contribution >= 0.6 is 11.3 Å². The number of hydrogen-bond acceptors (Lipinski definition) is 5. The number of urea groups is 1. The van der Waals surface area contributed by atoms with E-state index in [-0.39, 0.29) is 12.1 Å². The molecule has 0 saturated carbocycles. The number of hydrogen-bond donors (Lipinski definition) is 2. The van der Waals surface area contributed by atoms with E-state index < -0.39 is 0 Å². The number of carbonyl (C=O) groups excluding carboxylic acids is 1. The molecule has 1 unspecified atom stereocenters. The summed E-state index contributed by atoms with van der Waals surface area (Å²) in [6, 6.07) is 25.5. The standard InChI is InChI=1S/C29H26N4O2S/c1-19-26(28-32-25(18-36-28)22-10-8-20(9-11-22)16-30-2)27(33-29(34)31-19)23-12-14-24(15-13-23)35-17-21-6-4-3-5-7-21/h3-16,18,27H,17H2,1-2H3,(H2,31,33,34). The van der Waals surface area contributed by atoms with Crippen LogP contribution in [0.3, 0.4) is 0 Å². The number of allylic oxidation sites excluding steroid dienone is 1. The molecule has 0 spiro atoms. The maximum absolute atomic E-state index is 12.4. The molecule has 180 valence electrons. The Morgan fingerprint density at radius 1 is 1.03 bits per heavy atom. The molecule has 0 aliphatic carbocycles. The van der Waals surface area contributed by atoms with Crippen molar-refractivity contribution in [2.75, 3.05) is 7.05 Å². The van der Waals surface area contributed by atoms with Gasteiger partial charge in [-0.3, -0.25) is 4.99 Å². The summed E-state index contributed by atoms with van der Waals surface area (Å²) in [4.78, 5) is 21.3. The minimum atomic E-state index is -0.316. The lowest BCUT2D eigenvalue weighted by Gasteiger charge is -2.28. The zero-order chi connectivity index (χ0) is 24.9. The van der Waals surface area contributed by atoms with Gasteiger partial charge in [0, 0.05) is 35.5 Å². The van der Waals surface area contributed by atoms with Crippen LogP contribution in [-0.2, 0) is 6.61 Å². The first kappa shape index (κ1) is 23.5. The molecule has 1 aliphatic heterocycles. The van der Waals surface area contributed by atoms with Crippen LogP contribution < -0.4 is 15.4 Å². The highest BCUT2D eigenvalue weighted by Gasteiger charge is 2.29. The van der Waals surface area contributed by atoms with Gasteiger partial charge < -0.3 is 15.4 Å². The minimum Gasteiger partial charge on any atom is -0.489 e. The van der Waals surface area contributed by atoms with Gasteiger partial charge in [0.2, 0.25) is 0 Å². The number of aromatic nitrogens is 1. The van der Waals surface area contributed by atoms with Gasteiger partial charge in [-0.15, -0.1) is 11.3 Å². The Kier molecular flexibility index (Phi) is 6.91. The summed E-state index contributed by atoms with van der Waals surface area (Å²) in [5, 5.41) is 8.88. The van der Waals surface area contributed by atoms with Crippen LogP contribution in [0.15, 0.2) is 94.9 Å². The second-order valence-electron chi connectivity index (χ2n) is 8.46. The van der Waals surface area contributed by atoms with Crippen molar-refractivity contribution in [3.63, 3.8) is 0 Å². The highest BCUT2D eigenvalue weighted by molar-refractivity contribution is 7.11. The Morgan fingerprint density at radius 3 is 2.50 bits per heavy atom. The molecule has 6 nitrogen and oxygen atoms in total. The van der Waals surface area contributed by atoms with Crippen LogP contribution in [0.25, 0.3) is 16.8 Å². The smallest absolute Gasteiger partial charge is 0.319 e. The molecule has 7 heteroatoms. The lowest BCUT2D eigenvalue weighted by molar-refractivity contribution is 0.240. The molecule has 1 aliphatic rings. The van der Waals surface area contributed by atoms with Crippen molar-refractivity contribution in [1.29, 1.82) is 0 Å². The van der Waals surface area contributed by atoms with Crippen LogP contribution in [0.5, 0.6) is 5.75 Å². The Labute approximate surface area is 214 Å². The van der Waals surface area contributed by atoms with Crippen LogP contribution in [0.1, 0.15) is 34.7 Å². The fourth-order valence-corrected chi connectivity index (χ4v) is 5.10. The minimum absolute atomic E-state index is 0.226. The normalized spacial score (nSPS) is 15.6. The SMILES string of the molecule is CN=Cc1ccc(-c2csc(C3=C(C)NC(=O)NC3c3ccc(OCc4ccccc4)cc3)n2)cc1. The fourth-order valence-electron chi connectivity index (χ4n) is 4.14. The Morgan fingerprint density at radius 2 is 1.78 bits per heavy atom. The van der Waals surface area contributed by atoms with Gasteiger partial charge >= 0.3 is 6.03 Å². The topological polar surface area (TPSA) is 75.6 Å². The number of aliphatic imine (C=N–C) groups is 1. The van der Waals surface area contributed by atoms with Crippen LogP contribution in [-0.4, -0.2) is 24.3 Å². The summed E-state index contributed by atoms with van der Waals surface area (Å²) in [7, 11) is 1.76. The summed E-state index contributed by atoms with van der Waals surface area (Å²) in [6.45, 7) is 2.42. The Bertz CT molecular complexity index is 1410. The van der Waals surface area contributed by atoms with E-state index >= 15 is 0 Å². The summed E-state index contributed by atoms with van der Waals surface area (Å²) in [6.07, 6.45) is 1.82. The van der Waals surface area contributed by atoms with Gasteiger partial charge in [0.15, 0.2) is 0 Å². The number of benzene rings is 3. The largest absolute Gasteiger partial charge is 0.489 e. The van der Waals surface area contributed by atoms with Crippen LogP contribution in [0.4, 0.5) is 4.79 Å². The molecule has 0 radical (unpaired) electrons. The lowest BCUT2D eigenvalue weighted by atomic mass is 9.96. The molecule has 36 heavy (non-hydrogen) atoms. The molecule has 5 rings (SSSR count). The molecule has 0 bridgehead atoms. The third-order valence-electron chi connectivity index (χ3n) is 5.95. The van der Waals surface area contributed by atoms with Gasteiger partial charge in [0.1, 0.15) is 17.4 Å². The number of nitrogens with zero attached hydrogens (tertiary/aromatic N) is 2. The Balaban J connectivity index is 1.38. The van der Waals surface area contributed by atoms with E-state index in [2.05, 4.69) is 15.6 Å². The molecular weight excluding hydrogens is 468 g/mol. The Hall–Kier alpha value is -4.23. The lowest BCUT2D eigenvalue weighted by Crippen LogP contribution is -2.42. The number of carbonyl (C=O) groups is 1. The number of amides is 2. The van der Waals surface area contributed by atoms with E-state index in [4.69, 9.17) is 9.72 Å². The molecule has 1 aromatic heterocycles. The van der Waals surface area contributed by atoms with Crippen molar-refractivity contribution in [2.24, 2.45) is 4.99 Å². The number of rotatable bonds is 7. The van der Waals surface area contributed by atoms with Crippen molar-refractivity contribution >= 4 is 29.2 Å². The van der Waals surface area contributed by atoms with Crippen molar-refractivity contribution < 1.29 is 9.53 Å². The number of nitrogens with one attached hydrogen (secondary N) is 2. The zero-order valence-corrected chi connectivity index (χ0v) is 20.9. The van der Waals surface area contributed by atoms with Crippen LogP contribution in [0.2, 0.25) is 0 Å². The predicted molar refractivity (Wildman–Crippen MR) is 145 cm³/mol. The summed E-state index contributed by atoms with van der Waals surface area (Å²) < 4.78 is 5.93.